The van der Waals surface area contributed by atoms with Gasteiger partial charge in [-0.1, -0.05) is 5.04 Å². The Hall–Kier alpha value is -0.690. The first-order valence-electron chi connectivity index (χ1n) is 8.23. The molecule has 2 aliphatic carbocycles. The molecule has 0 aliphatic heterocycles. The van der Waals surface area contributed by atoms with Crippen molar-refractivity contribution >= 4 is 18.0 Å². The lowest BCUT2D eigenvalue weighted by Crippen LogP contribution is -2.47. The quantitative estimate of drug-likeness (QED) is 0.214. The van der Waals surface area contributed by atoms with E-state index < -0.39 is 47.1 Å². The van der Waals surface area contributed by atoms with Gasteiger partial charge in [0.2, 0.25) is 0 Å². The molecule has 0 aromatic carbocycles. The number of alkyl halides is 5. The van der Waals surface area contributed by atoms with E-state index in [0.717, 1.165) is 0 Å². The number of carbonyl (C=O) groups is 1. The molecular formula is C15H21F5O6S. The van der Waals surface area contributed by atoms with E-state index in [0.29, 0.717) is 12.8 Å². The molecule has 0 radical (unpaired) electrons. The summed E-state index contributed by atoms with van der Waals surface area (Å²) in [5.41, 5.74) is -0.402. The predicted octanol–water partition coefficient (Wildman–Crippen LogP) is 4.35. The van der Waals surface area contributed by atoms with Gasteiger partial charge in [-0.05, 0) is 51.9 Å². The third-order valence-corrected chi connectivity index (χ3v) is 5.18. The Morgan fingerprint density at radius 3 is 2.15 bits per heavy atom. The lowest BCUT2D eigenvalue weighted by Gasteiger charge is -2.33. The number of carbonyl (C=O) groups excluding carboxylic acids is 1. The lowest BCUT2D eigenvalue weighted by molar-refractivity contribution is -0.434. The average Bonchev–Trinajstić information content (AvgIpc) is 3.07. The van der Waals surface area contributed by atoms with Crippen LogP contribution < -0.4 is 0 Å². The third-order valence-electron chi connectivity index (χ3n) is 4.61. The van der Waals surface area contributed by atoms with E-state index in [9.17, 15) is 26.7 Å². The fourth-order valence-corrected chi connectivity index (χ4v) is 4.13. The summed E-state index contributed by atoms with van der Waals surface area (Å²) in [5, 5.41) is 6.05. The summed E-state index contributed by atoms with van der Waals surface area (Å²) in [6.45, 7) is 5.61. The Morgan fingerprint density at radius 2 is 1.70 bits per heavy atom. The van der Waals surface area contributed by atoms with Crippen molar-refractivity contribution in [2.45, 2.75) is 69.3 Å². The molecule has 6 nitrogen and oxygen atoms in total. The van der Waals surface area contributed by atoms with Gasteiger partial charge in [0.1, 0.15) is 12.0 Å². The van der Waals surface area contributed by atoms with Crippen LogP contribution in [0.2, 0.25) is 0 Å². The van der Waals surface area contributed by atoms with Crippen molar-refractivity contribution in [3.8, 4) is 0 Å². The van der Waals surface area contributed by atoms with Crippen LogP contribution in [0.15, 0.2) is 0 Å². The van der Waals surface area contributed by atoms with Crippen LogP contribution in [0.5, 0.6) is 0 Å². The monoisotopic (exact) mass is 424 g/mol. The molecular weight excluding hydrogens is 403 g/mol. The van der Waals surface area contributed by atoms with Crippen LogP contribution in [0, 0.1) is 17.8 Å². The Bertz CT molecular complexity index is 538. The fourth-order valence-electron chi connectivity index (χ4n) is 3.74. The summed E-state index contributed by atoms with van der Waals surface area (Å²) in [7, 11) is 0. The number of hydrogen-bond acceptors (Lipinski definition) is 7. The van der Waals surface area contributed by atoms with Gasteiger partial charge in [0, 0.05) is 0 Å². The molecule has 0 saturated heterocycles. The van der Waals surface area contributed by atoms with Crippen LogP contribution in [-0.2, 0) is 23.6 Å². The van der Waals surface area contributed by atoms with Crippen molar-refractivity contribution in [1.29, 1.82) is 0 Å². The molecule has 0 heterocycles. The van der Waals surface area contributed by atoms with Crippen molar-refractivity contribution in [3.05, 3.63) is 0 Å². The largest absolute Gasteiger partial charge is 0.445 e. The summed E-state index contributed by atoms with van der Waals surface area (Å²) in [4.78, 5) is 12.2. The van der Waals surface area contributed by atoms with Crippen LogP contribution in [0.1, 0.15) is 40.0 Å². The van der Waals surface area contributed by atoms with Gasteiger partial charge in [0.25, 0.3) is 6.10 Å². The van der Waals surface area contributed by atoms with E-state index in [-0.39, 0.29) is 24.4 Å². The first kappa shape index (κ1) is 22.6. The van der Waals surface area contributed by atoms with Crippen molar-refractivity contribution < 1.29 is 50.8 Å². The smallest absolute Gasteiger partial charge is 0.432 e. The number of ether oxygens (including phenoxy) is 2. The molecule has 5 unspecified atom stereocenters. The van der Waals surface area contributed by atoms with Crippen LogP contribution in [0.25, 0.3) is 0 Å². The number of hydrogen-bond donors (Lipinski definition) is 1. The van der Waals surface area contributed by atoms with Crippen LogP contribution in [0.4, 0.5) is 22.0 Å². The Morgan fingerprint density at radius 1 is 1.07 bits per heavy atom. The molecule has 0 aromatic heterocycles. The second kappa shape index (κ2) is 7.97. The minimum Gasteiger partial charge on any atom is -0.445 e. The second-order valence-corrected chi connectivity index (χ2v) is 8.60. The highest BCUT2D eigenvalue weighted by Gasteiger charge is 2.62. The van der Waals surface area contributed by atoms with Gasteiger partial charge < -0.3 is 9.47 Å². The van der Waals surface area contributed by atoms with E-state index in [2.05, 4.69) is 14.1 Å². The highest BCUT2D eigenvalue weighted by molar-refractivity contribution is 7.95. The van der Waals surface area contributed by atoms with Gasteiger partial charge in [-0.15, -0.1) is 4.33 Å². The van der Waals surface area contributed by atoms with E-state index in [4.69, 9.17) is 9.99 Å². The molecule has 0 amide bonds. The molecule has 1 N–H and O–H groups in total. The van der Waals surface area contributed by atoms with Crippen LogP contribution in [0.3, 0.4) is 0 Å². The summed E-state index contributed by atoms with van der Waals surface area (Å²) in [6, 6.07) is 0. The molecule has 0 aromatic rings. The maximum atomic E-state index is 13.7. The standard InChI is InChI=1S/C15H21F5O6S/c1-13(2,3)24-10-6-7-4-8(10)5-9(7)11(21)23-12(14(16,17)18)15(19,20)27-26-25-22/h7-10,12,22H,4-6H2,1-3H3. The molecule has 0 spiro atoms. The summed E-state index contributed by atoms with van der Waals surface area (Å²) in [6.07, 6.45) is -8.14. The second-order valence-electron chi connectivity index (χ2n) is 7.75. The van der Waals surface area contributed by atoms with Crippen molar-refractivity contribution in [3.63, 3.8) is 0 Å². The van der Waals surface area contributed by atoms with Gasteiger partial charge in [-0.3, -0.25) is 4.79 Å². The minimum atomic E-state index is -5.54. The van der Waals surface area contributed by atoms with E-state index in [1.165, 1.54) is 0 Å². The first-order chi connectivity index (χ1) is 12.2. The molecule has 2 bridgehead atoms. The van der Waals surface area contributed by atoms with E-state index in [1.807, 2.05) is 20.8 Å². The summed E-state index contributed by atoms with van der Waals surface area (Å²) < 4.78 is 79.7. The zero-order valence-corrected chi connectivity index (χ0v) is 15.6. The lowest BCUT2D eigenvalue weighted by atomic mass is 9.87. The van der Waals surface area contributed by atoms with Gasteiger partial charge in [0.05, 0.1) is 17.6 Å². The molecule has 12 heteroatoms. The third kappa shape index (κ3) is 5.66. The number of rotatable bonds is 7. The number of esters is 1. The van der Waals surface area contributed by atoms with Crippen molar-refractivity contribution in [2.24, 2.45) is 17.8 Å². The molecule has 5 atom stereocenters. The van der Waals surface area contributed by atoms with Gasteiger partial charge in [-0.2, -0.15) is 22.0 Å². The number of fused-ring (bicyclic) bond motifs is 2. The number of halogens is 5. The van der Waals surface area contributed by atoms with E-state index in [1.54, 1.807) is 0 Å². The van der Waals surface area contributed by atoms with Gasteiger partial charge >= 0.3 is 17.4 Å². The molecule has 27 heavy (non-hydrogen) atoms. The molecule has 2 saturated carbocycles. The van der Waals surface area contributed by atoms with Gasteiger partial charge in [-0.25, -0.2) is 5.26 Å². The van der Waals surface area contributed by atoms with Crippen LogP contribution >= 0.6 is 12.0 Å². The normalized spacial score (nSPS) is 29.8. The molecule has 2 aliphatic rings. The Balaban J connectivity index is 2.01. The predicted molar refractivity (Wildman–Crippen MR) is 82.2 cm³/mol. The molecule has 158 valence electrons. The van der Waals surface area contributed by atoms with E-state index >= 15 is 0 Å². The fraction of sp³-hybridized carbons (Fsp3) is 0.933. The van der Waals surface area contributed by atoms with Gasteiger partial charge in [0.15, 0.2) is 0 Å². The Labute approximate surface area is 156 Å². The molecule has 2 fully saturated rings. The zero-order valence-electron chi connectivity index (χ0n) is 14.8. The maximum absolute atomic E-state index is 13.7. The zero-order chi connectivity index (χ0) is 20.6. The first-order valence-corrected chi connectivity index (χ1v) is 8.97. The van der Waals surface area contributed by atoms with Crippen LogP contribution in [-0.4, -0.2) is 40.5 Å². The maximum Gasteiger partial charge on any atom is 0.432 e. The SMILES string of the molecule is CC(C)(C)OC1CC2CC1CC2C(=O)OC(C(F)(F)F)C(F)(F)SOOO. The topological polar surface area (TPSA) is 74.2 Å². The van der Waals surface area contributed by atoms with Crippen molar-refractivity contribution in [2.75, 3.05) is 0 Å². The highest BCUT2D eigenvalue weighted by Crippen LogP contribution is 2.52. The minimum absolute atomic E-state index is 0.0304. The van der Waals surface area contributed by atoms with Crippen molar-refractivity contribution in [1.82, 2.24) is 0 Å². The highest BCUT2D eigenvalue weighted by atomic mass is 32.2. The molecule has 2 rings (SSSR count). The summed E-state index contributed by atoms with van der Waals surface area (Å²) >= 11 is -1.10. The average molecular weight is 424 g/mol. The summed E-state index contributed by atoms with van der Waals surface area (Å²) in [5.74, 6) is -2.53. The Kier molecular flexibility index (Phi) is 6.67.